The molecular weight excluding hydrogens is 519 g/mol. The first kappa shape index (κ1) is 26.1. The molecule has 2 heterocycles. The Bertz CT molecular complexity index is 1510. The first-order valence-corrected chi connectivity index (χ1v) is 12.0. The fourth-order valence-corrected chi connectivity index (χ4v) is 4.08. The van der Waals surface area contributed by atoms with Gasteiger partial charge in [-0.3, -0.25) is 14.2 Å². The van der Waals surface area contributed by atoms with Gasteiger partial charge in [-0.15, -0.1) is 5.10 Å². The highest BCUT2D eigenvalue weighted by atomic mass is 35.5. The lowest BCUT2D eigenvalue weighted by Crippen LogP contribution is -2.34. The minimum absolute atomic E-state index is 0.0910. The fraction of sp³-hybridized carbons (Fsp3) is 0.200. The van der Waals surface area contributed by atoms with Crippen LogP contribution < -0.4 is 10.9 Å². The highest BCUT2D eigenvalue weighted by Gasteiger charge is 2.24. The van der Waals surface area contributed by atoms with Gasteiger partial charge in [0, 0.05) is 22.3 Å². The lowest BCUT2D eigenvalue weighted by atomic mass is 10.0. The van der Waals surface area contributed by atoms with E-state index in [0.29, 0.717) is 34.1 Å². The lowest BCUT2D eigenvalue weighted by molar-refractivity contribution is -0.119. The van der Waals surface area contributed by atoms with E-state index >= 15 is 0 Å². The van der Waals surface area contributed by atoms with Crippen molar-refractivity contribution in [3.8, 4) is 16.9 Å². The van der Waals surface area contributed by atoms with E-state index in [4.69, 9.17) is 28.3 Å². The van der Waals surface area contributed by atoms with Gasteiger partial charge in [0.15, 0.2) is 5.15 Å². The molecular formula is C25H22Cl2N6O4. The summed E-state index contributed by atoms with van der Waals surface area (Å²) in [6.45, 7) is 3.88. The molecule has 0 spiro atoms. The summed E-state index contributed by atoms with van der Waals surface area (Å²) in [7, 11) is 0. The number of rotatable bonds is 8. The molecule has 0 aliphatic rings. The topological polar surface area (TPSA) is 132 Å². The van der Waals surface area contributed by atoms with Gasteiger partial charge in [0.2, 0.25) is 5.91 Å². The van der Waals surface area contributed by atoms with Gasteiger partial charge in [0.25, 0.3) is 5.56 Å². The van der Waals surface area contributed by atoms with Crippen molar-refractivity contribution < 1.29 is 14.7 Å². The van der Waals surface area contributed by atoms with E-state index in [1.165, 1.54) is 52.1 Å². The number of amides is 1. The van der Waals surface area contributed by atoms with Crippen LogP contribution in [0.5, 0.6) is 0 Å². The highest BCUT2D eigenvalue weighted by molar-refractivity contribution is 6.31. The molecule has 0 bridgehead atoms. The summed E-state index contributed by atoms with van der Waals surface area (Å²) in [5.41, 5.74) is 1.50. The number of aromatic carboxylic acids is 1. The van der Waals surface area contributed by atoms with Crippen LogP contribution in [0.15, 0.2) is 65.8 Å². The Morgan fingerprint density at radius 2 is 1.81 bits per heavy atom. The Balaban J connectivity index is 1.67. The number of carbonyl (C=O) groups is 2. The minimum Gasteiger partial charge on any atom is -0.478 e. The molecule has 4 aromatic rings. The highest BCUT2D eigenvalue weighted by Crippen LogP contribution is 2.28. The monoisotopic (exact) mass is 540 g/mol. The molecule has 0 fully saturated rings. The average Bonchev–Trinajstić information content (AvgIpc) is 3.28. The Morgan fingerprint density at radius 3 is 2.41 bits per heavy atom. The second kappa shape index (κ2) is 10.9. The largest absolute Gasteiger partial charge is 0.478 e. The van der Waals surface area contributed by atoms with Crippen LogP contribution in [0.2, 0.25) is 10.2 Å². The summed E-state index contributed by atoms with van der Waals surface area (Å²) in [4.78, 5) is 42.0. The van der Waals surface area contributed by atoms with E-state index in [1.807, 2.05) is 13.8 Å². The molecule has 0 aliphatic heterocycles. The third kappa shape index (κ3) is 6.04. The van der Waals surface area contributed by atoms with Crippen molar-refractivity contribution in [2.75, 3.05) is 5.32 Å². The van der Waals surface area contributed by atoms with Crippen molar-refractivity contribution in [3.63, 3.8) is 0 Å². The van der Waals surface area contributed by atoms with Crippen LogP contribution in [0.3, 0.4) is 0 Å². The summed E-state index contributed by atoms with van der Waals surface area (Å²) in [6, 6.07) is 11.3. The number of hydrogen-bond acceptors (Lipinski definition) is 6. The van der Waals surface area contributed by atoms with E-state index in [2.05, 4.69) is 20.6 Å². The van der Waals surface area contributed by atoms with Crippen LogP contribution >= 0.6 is 23.2 Å². The second-order valence-corrected chi connectivity index (χ2v) is 9.51. The summed E-state index contributed by atoms with van der Waals surface area (Å²) in [6.07, 6.45) is 3.22. The maximum absolute atomic E-state index is 13.2. The summed E-state index contributed by atoms with van der Waals surface area (Å²) < 4.78 is 2.73. The molecule has 190 valence electrons. The molecule has 10 nitrogen and oxygen atoms in total. The van der Waals surface area contributed by atoms with Crippen molar-refractivity contribution in [1.82, 2.24) is 24.5 Å². The van der Waals surface area contributed by atoms with Gasteiger partial charge in [-0.1, -0.05) is 42.3 Å². The number of anilines is 1. The number of benzene rings is 2. The first-order valence-electron chi connectivity index (χ1n) is 11.2. The van der Waals surface area contributed by atoms with Gasteiger partial charge in [-0.25, -0.2) is 14.5 Å². The van der Waals surface area contributed by atoms with Crippen LogP contribution in [0.1, 0.15) is 36.7 Å². The molecule has 0 aliphatic carbocycles. The summed E-state index contributed by atoms with van der Waals surface area (Å²) in [5.74, 6) is -1.40. The van der Waals surface area contributed by atoms with Crippen molar-refractivity contribution in [3.05, 3.63) is 87.1 Å². The van der Waals surface area contributed by atoms with Crippen LogP contribution in [0, 0.1) is 5.92 Å². The van der Waals surface area contributed by atoms with Gasteiger partial charge in [-0.2, -0.15) is 0 Å². The smallest absolute Gasteiger partial charge is 0.335 e. The van der Waals surface area contributed by atoms with Crippen molar-refractivity contribution >= 4 is 40.8 Å². The molecule has 2 N–H and O–H groups in total. The number of carbonyl (C=O) groups excluding carboxylic acids is 1. The van der Waals surface area contributed by atoms with Crippen molar-refractivity contribution in [2.24, 2.45) is 5.92 Å². The van der Waals surface area contributed by atoms with Gasteiger partial charge >= 0.3 is 5.97 Å². The molecule has 0 unspecified atom stereocenters. The Kier molecular flexibility index (Phi) is 7.70. The van der Waals surface area contributed by atoms with Crippen molar-refractivity contribution in [1.29, 1.82) is 0 Å². The standard InChI is InChI=1S/C25H22Cl2N6O4/c1-14(2)9-21(24(35)29-17-6-3-15(4-7-17)25(36)37)32-13-28-19(11-23(32)34)18-10-16(26)5-8-20(18)33-12-22(27)30-31-33/h3-8,10-14,21H,9H2,1-2H3,(H,29,35)(H,36,37)/t21-/m0/s1. The Labute approximate surface area is 221 Å². The SMILES string of the molecule is CC(C)C[C@@H](C(=O)Nc1ccc(C(=O)O)cc1)n1cnc(-c2cc(Cl)ccc2-n2cc(Cl)nn2)cc1=O. The molecule has 37 heavy (non-hydrogen) atoms. The van der Waals surface area contributed by atoms with Crippen LogP contribution in [-0.4, -0.2) is 41.5 Å². The van der Waals surface area contributed by atoms with E-state index in [-0.39, 0.29) is 16.6 Å². The summed E-state index contributed by atoms with van der Waals surface area (Å²) >= 11 is 12.1. The third-order valence-corrected chi connectivity index (χ3v) is 5.92. The number of hydrogen-bond donors (Lipinski definition) is 2. The van der Waals surface area contributed by atoms with E-state index in [9.17, 15) is 14.4 Å². The predicted octanol–water partition coefficient (Wildman–Crippen LogP) is 4.72. The predicted molar refractivity (Wildman–Crippen MR) is 139 cm³/mol. The first-order chi connectivity index (χ1) is 17.6. The third-order valence-electron chi connectivity index (χ3n) is 5.52. The molecule has 4 rings (SSSR count). The normalized spacial score (nSPS) is 11.9. The number of halogens is 2. The average molecular weight is 541 g/mol. The molecule has 1 amide bonds. The maximum Gasteiger partial charge on any atom is 0.335 e. The van der Waals surface area contributed by atoms with E-state index < -0.39 is 23.5 Å². The zero-order chi connectivity index (χ0) is 26.7. The number of carboxylic acid groups (broad SMARTS) is 1. The number of aromatic nitrogens is 5. The van der Waals surface area contributed by atoms with Crippen LogP contribution in [-0.2, 0) is 4.79 Å². The quantitative estimate of drug-likeness (QED) is 0.330. The summed E-state index contributed by atoms with van der Waals surface area (Å²) in [5, 5.41) is 20.2. The molecule has 0 radical (unpaired) electrons. The van der Waals surface area contributed by atoms with Gasteiger partial charge in [0.05, 0.1) is 29.5 Å². The second-order valence-electron chi connectivity index (χ2n) is 8.68. The Hall–Kier alpha value is -4.02. The molecule has 1 atom stereocenters. The van der Waals surface area contributed by atoms with Crippen molar-refractivity contribution in [2.45, 2.75) is 26.3 Å². The van der Waals surface area contributed by atoms with Gasteiger partial charge in [-0.05, 0) is 54.8 Å². The van der Waals surface area contributed by atoms with E-state index in [1.54, 1.807) is 18.2 Å². The zero-order valence-electron chi connectivity index (χ0n) is 19.8. The molecule has 2 aromatic heterocycles. The fourth-order valence-electron chi connectivity index (χ4n) is 3.78. The lowest BCUT2D eigenvalue weighted by Gasteiger charge is -2.21. The van der Waals surface area contributed by atoms with Gasteiger partial charge < -0.3 is 10.4 Å². The molecule has 2 aromatic carbocycles. The molecule has 0 saturated carbocycles. The van der Waals surface area contributed by atoms with E-state index in [0.717, 1.165) is 0 Å². The molecule has 12 heteroatoms. The molecule has 0 saturated heterocycles. The maximum atomic E-state index is 13.2. The number of nitrogens with zero attached hydrogens (tertiary/aromatic N) is 5. The Morgan fingerprint density at radius 1 is 1.08 bits per heavy atom. The number of nitrogens with one attached hydrogen (secondary N) is 1. The van der Waals surface area contributed by atoms with Crippen LogP contribution in [0.25, 0.3) is 16.9 Å². The van der Waals surface area contributed by atoms with Crippen LogP contribution in [0.4, 0.5) is 5.69 Å². The van der Waals surface area contributed by atoms with Gasteiger partial charge in [0.1, 0.15) is 6.04 Å². The zero-order valence-corrected chi connectivity index (χ0v) is 21.3. The number of carboxylic acids is 1. The minimum atomic E-state index is -1.07.